The molecule has 0 spiro atoms. The van der Waals surface area contributed by atoms with Gasteiger partial charge in [0.05, 0.1) is 23.0 Å². The third-order valence-corrected chi connectivity index (χ3v) is 8.48. The molecule has 0 unspecified atom stereocenters. The second kappa shape index (κ2) is 13.5. The van der Waals surface area contributed by atoms with Crippen LogP contribution in [0.5, 0.6) is 0 Å². The molecule has 3 aromatic rings. The van der Waals surface area contributed by atoms with Gasteiger partial charge in [0.1, 0.15) is 11.4 Å². The van der Waals surface area contributed by atoms with E-state index in [9.17, 15) is 4.79 Å². The van der Waals surface area contributed by atoms with Crippen LogP contribution in [0.1, 0.15) is 65.1 Å². The van der Waals surface area contributed by atoms with Gasteiger partial charge in [-0.15, -0.1) is 4.95 Å². The Morgan fingerprint density at radius 1 is 1.12 bits per heavy atom. The summed E-state index contributed by atoms with van der Waals surface area (Å²) >= 11 is 0. The number of hydrogen-bond acceptors (Lipinski definition) is 6. The Morgan fingerprint density at radius 2 is 1.86 bits per heavy atom. The van der Waals surface area contributed by atoms with Gasteiger partial charge in [0, 0.05) is 57.2 Å². The third kappa shape index (κ3) is 6.58. The average molecular weight is 566 g/mol. The monoisotopic (exact) mass is 565 g/mol. The van der Waals surface area contributed by atoms with Crippen molar-refractivity contribution in [2.24, 2.45) is 5.10 Å². The first-order valence-corrected chi connectivity index (χ1v) is 14.7. The number of guanidine groups is 1. The molecule has 0 saturated carbocycles. The van der Waals surface area contributed by atoms with E-state index in [1.54, 1.807) is 6.20 Å². The first-order valence-electron chi connectivity index (χ1n) is 14.7. The van der Waals surface area contributed by atoms with Crippen LogP contribution in [0.4, 0.5) is 0 Å². The lowest BCUT2D eigenvalue weighted by atomic mass is 9.98. The molecule has 2 aromatic heterocycles. The van der Waals surface area contributed by atoms with Gasteiger partial charge in [-0.25, -0.2) is 9.97 Å². The fourth-order valence-electron chi connectivity index (χ4n) is 6.24. The summed E-state index contributed by atoms with van der Waals surface area (Å²) < 4.78 is 0. The number of aryl methyl sites for hydroxylation is 2. The zero-order valence-electron chi connectivity index (χ0n) is 24.6. The van der Waals surface area contributed by atoms with E-state index in [2.05, 4.69) is 82.3 Å². The molecule has 5 rings (SSSR count). The van der Waals surface area contributed by atoms with Gasteiger partial charge < -0.3 is 20.0 Å². The number of nitrogens with one attached hydrogen (secondary N) is 1. The molecule has 4 heterocycles. The topological polar surface area (TPSA) is 94.2 Å². The number of piperidine rings is 1. The Hall–Kier alpha value is -4.36. The lowest BCUT2D eigenvalue weighted by Crippen LogP contribution is -2.50. The lowest BCUT2D eigenvalue weighted by molar-refractivity contribution is 0.0929. The Bertz CT molecular complexity index is 1390. The van der Waals surface area contributed by atoms with E-state index in [4.69, 9.17) is 6.57 Å². The van der Waals surface area contributed by atoms with Crippen LogP contribution in [0.3, 0.4) is 0 Å². The maximum atomic E-state index is 12.8. The van der Waals surface area contributed by atoms with Gasteiger partial charge in [0.25, 0.3) is 11.9 Å². The fraction of sp³-hybridized carbons (Fsp3) is 0.438. The Labute approximate surface area is 248 Å². The summed E-state index contributed by atoms with van der Waals surface area (Å²) in [5.74, 6) is 0.646. The van der Waals surface area contributed by atoms with Crippen molar-refractivity contribution < 1.29 is 4.79 Å². The molecule has 42 heavy (non-hydrogen) atoms. The molecule has 2 fully saturated rings. The highest BCUT2D eigenvalue weighted by Crippen LogP contribution is 2.36. The van der Waals surface area contributed by atoms with Gasteiger partial charge in [-0.1, -0.05) is 36.4 Å². The van der Waals surface area contributed by atoms with E-state index in [0.29, 0.717) is 36.1 Å². The van der Waals surface area contributed by atoms with Gasteiger partial charge in [-0.05, 0) is 57.2 Å². The predicted molar refractivity (Wildman–Crippen MR) is 162 cm³/mol. The van der Waals surface area contributed by atoms with Crippen LogP contribution in [0.15, 0.2) is 66.3 Å². The number of carbonyl (C=O) groups is 1. The van der Waals surface area contributed by atoms with Crippen molar-refractivity contribution in [3.63, 3.8) is 0 Å². The van der Waals surface area contributed by atoms with Crippen LogP contribution >= 0.6 is 0 Å². The third-order valence-electron chi connectivity index (χ3n) is 8.48. The molecule has 10 nitrogen and oxygen atoms in total. The first-order chi connectivity index (χ1) is 20.5. The van der Waals surface area contributed by atoms with Crippen molar-refractivity contribution in [2.75, 3.05) is 26.2 Å². The quantitative estimate of drug-likeness (QED) is 0.307. The molecule has 0 bridgehead atoms. The summed E-state index contributed by atoms with van der Waals surface area (Å²) in [7, 11) is 0. The molecule has 218 valence electrons. The van der Waals surface area contributed by atoms with E-state index in [1.807, 2.05) is 32.2 Å². The normalized spacial score (nSPS) is 19.6. The minimum absolute atomic E-state index is 0.111. The van der Waals surface area contributed by atoms with Crippen LogP contribution in [0.25, 0.3) is 4.95 Å². The molecule has 1 amide bonds. The van der Waals surface area contributed by atoms with E-state index in [-0.39, 0.29) is 18.0 Å². The number of benzene rings is 1. The SMILES string of the molecule is [C-]#[N+]/N=C1\N(Cc2cccnc2)C[C@@H](c2ccccc2)N1C1CCN([C@@H](C)CCNC(=O)c2c(C)ncnc2C)CC1. The number of amides is 1. The van der Waals surface area contributed by atoms with E-state index >= 15 is 0 Å². The van der Waals surface area contributed by atoms with Crippen LogP contribution in [0.2, 0.25) is 0 Å². The molecule has 0 aliphatic carbocycles. The van der Waals surface area contributed by atoms with Crippen molar-refractivity contribution in [1.82, 2.24) is 35.0 Å². The Kier molecular flexibility index (Phi) is 9.39. The Morgan fingerprint density at radius 3 is 2.52 bits per heavy atom. The van der Waals surface area contributed by atoms with Crippen LogP contribution in [-0.4, -0.2) is 79.8 Å². The van der Waals surface area contributed by atoms with Gasteiger partial charge in [0.15, 0.2) is 0 Å². The highest BCUT2D eigenvalue weighted by atomic mass is 16.1. The average Bonchev–Trinajstić information content (AvgIpc) is 3.35. The van der Waals surface area contributed by atoms with Gasteiger partial charge >= 0.3 is 0 Å². The van der Waals surface area contributed by atoms with E-state index < -0.39 is 0 Å². The van der Waals surface area contributed by atoms with Crippen molar-refractivity contribution >= 4 is 11.9 Å². The van der Waals surface area contributed by atoms with Gasteiger partial charge in [-0.3, -0.25) is 9.78 Å². The van der Waals surface area contributed by atoms with E-state index in [1.165, 1.54) is 11.9 Å². The zero-order chi connectivity index (χ0) is 29.5. The zero-order valence-corrected chi connectivity index (χ0v) is 24.6. The second-order valence-electron chi connectivity index (χ2n) is 11.2. The highest BCUT2D eigenvalue weighted by molar-refractivity contribution is 5.96. The molecule has 2 atom stereocenters. The Balaban J connectivity index is 1.23. The molecule has 1 aromatic carbocycles. The number of carbonyl (C=O) groups excluding carboxylic acids is 1. The second-order valence-corrected chi connectivity index (χ2v) is 11.2. The van der Waals surface area contributed by atoms with Crippen molar-refractivity contribution in [3.8, 4) is 0 Å². The fourth-order valence-corrected chi connectivity index (χ4v) is 6.24. The molecular formula is C32H39N9O. The van der Waals surface area contributed by atoms with Crippen molar-refractivity contribution in [1.29, 1.82) is 0 Å². The smallest absolute Gasteiger partial charge is 0.284 e. The maximum Gasteiger partial charge on any atom is 0.284 e. The minimum Gasteiger partial charge on any atom is -0.352 e. The minimum atomic E-state index is -0.111. The van der Waals surface area contributed by atoms with E-state index in [0.717, 1.165) is 50.4 Å². The molecule has 10 heteroatoms. The number of likely N-dealkylation sites (tertiary alicyclic amines) is 1. The molecular weight excluding hydrogens is 526 g/mol. The van der Waals surface area contributed by atoms with Crippen LogP contribution in [0, 0.1) is 20.4 Å². The lowest BCUT2D eigenvalue weighted by Gasteiger charge is -2.41. The predicted octanol–water partition coefficient (Wildman–Crippen LogP) is 4.21. The number of aromatic nitrogens is 3. The number of pyridine rings is 1. The van der Waals surface area contributed by atoms with Crippen molar-refractivity contribution in [2.45, 2.75) is 64.7 Å². The van der Waals surface area contributed by atoms with Crippen molar-refractivity contribution in [3.05, 3.63) is 101 Å². The molecule has 2 saturated heterocycles. The maximum absolute atomic E-state index is 12.8. The summed E-state index contributed by atoms with van der Waals surface area (Å²) in [4.78, 5) is 36.0. The molecule has 2 aliphatic heterocycles. The molecule has 1 N–H and O–H groups in total. The largest absolute Gasteiger partial charge is 0.352 e. The molecule has 0 radical (unpaired) electrons. The van der Waals surface area contributed by atoms with Gasteiger partial charge in [-0.2, -0.15) is 6.57 Å². The summed E-state index contributed by atoms with van der Waals surface area (Å²) in [6.45, 7) is 17.5. The number of hydrogen-bond donors (Lipinski definition) is 1. The highest BCUT2D eigenvalue weighted by Gasteiger charge is 2.43. The summed E-state index contributed by atoms with van der Waals surface area (Å²) in [5, 5.41) is 7.42. The summed E-state index contributed by atoms with van der Waals surface area (Å²) in [6.07, 6.45) is 7.99. The van der Waals surface area contributed by atoms with Crippen LogP contribution in [-0.2, 0) is 6.54 Å². The van der Waals surface area contributed by atoms with Crippen LogP contribution < -0.4 is 5.32 Å². The number of nitrogens with zero attached hydrogens (tertiary/aromatic N) is 8. The van der Waals surface area contributed by atoms with Gasteiger partial charge in [0.2, 0.25) is 0 Å². The standard InChI is InChI=1S/C32H39N9O/c1-23(12-16-35-31(42)30-24(2)36-22-37-25(30)3)39-17-13-28(14-18-39)41-29(27-10-6-5-7-11-27)21-40(32(41)38-33-4)20-26-9-8-15-34-19-26/h5-11,15,19,22-23,28-29H,12-14,16-18,20-21H2,1-3H3,(H,35,42)/b38-32+/t23-,29-/m0/s1. The first kappa shape index (κ1) is 29.1. The summed E-state index contributed by atoms with van der Waals surface area (Å²) in [5.41, 5.74) is 4.31. The number of rotatable bonds is 9. The molecule has 2 aliphatic rings. The summed E-state index contributed by atoms with van der Waals surface area (Å²) in [6, 6.07) is 15.3.